The van der Waals surface area contributed by atoms with Crippen molar-refractivity contribution < 1.29 is 8.42 Å². The van der Waals surface area contributed by atoms with Gasteiger partial charge in [-0.1, -0.05) is 12.7 Å². The molecule has 0 aliphatic carbocycles. The molecule has 1 N–H and O–H groups in total. The van der Waals surface area contributed by atoms with Crippen LogP contribution in [0.3, 0.4) is 0 Å². The molecule has 11 heteroatoms. The zero-order valence-corrected chi connectivity index (χ0v) is 20.5. The predicted molar refractivity (Wildman–Crippen MR) is 132 cm³/mol. The topological polar surface area (TPSA) is 105 Å². The number of rotatable bonds is 9. The molecule has 0 saturated carbocycles. The van der Waals surface area contributed by atoms with E-state index in [0.29, 0.717) is 30.7 Å². The molecule has 2 aromatic heterocycles. The molecule has 0 fully saturated rings. The molecule has 3 heterocycles. The molecular weight excluding hydrogens is 468 g/mol. The summed E-state index contributed by atoms with van der Waals surface area (Å²) in [6.45, 7) is 6.00. The van der Waals surface area contributed by atoms with Crippen LogP contribution < -0.4 is 11.2 Å². The summed E-state index contributed by atoms with van der Waals surface area (Å²) in [5.41, 5.74) is 1.48. The summed E-state index contributed by atoms with van der Waals surface area (Å²) < 4.78 is 29.1. The molecule has 172 valence electrons. The van der Waals surface area contributed by atoms with Crippen molar-refractivity contribution in [2.45, 2.75) is 36.3 Å². The van der Waals surface area contributed by atoms with Gasteiger partial charge < -0.3 is 0 Å². The maximum Gasteiger partial charge on any atom is 0.328 e. The Bertz CT molecular complexity index is 1270. The smallest absolute Gasteiger partial charge is 0.297 e. The van der Waals surface area contributed by atoms with E-state index in [1.54, 1.807) is 34.7 Å². The van der Waals surface area contributed by atoms with Crippen LogP contribution in [-0.2, 0) is 28.7 Å². The van der Waals surface area contributed by atoms with E-state index in [9.17, 15) is 18.0 Å². The van der Waals surface area contributed by atoms with Gasteiger partial charge in [0.1, 0.15) is 4.21 Å². The van der Waals surface area contributed by atoms with Gasteiger partial charge in [-0.15, -0.1) is 11.3 Å². The summed E-state index contributed by atoms with van der Waals surface area (Å²) in [5.74, 6) is 1.45. The molecule has 0 unspecified atom stereocenters. The Labute approximate surface area is 195 Å². The number of fused-ring (bicyclic) bond motifs is 1. The summed E-state index contributed by atoms with van der Waals surface area (Å²) in [6, 6.07) is 3.36. The van der Waals surface area contributed by atoms with Crippen molar-refractivity contribution in [2.24, 2.45) is 4.99 Å². The Morgan fingerprint density at radius 1 is 1.38 bits per heavy atom. The largest absolute Gasteiger partial charge is 0.328 e. The number of H-pyrrole nitrogens is 1. The predicted octanol–water partition coefficient (Wildman–Crippen LogP) is 2.72. The Morgan fingerprint density at radius 3 is 2.88 bits per heavy atom. The van der Waals surface area contributed by atoms with Crippen molar-refractivity contribution in [3.05, 3.63) is 68.0 Å². The van der Waals surface area contributed by atoms with Crippen LogP contribution in [-0.4, -0.2) is 47.8 Å². The minimum atomic E-state index is -3.66. The molecule has 0 aromatic carbocycles. The van der Waals surface area contributed by atoms with Crippen LogP contribution in [0, 0.1) is 0 Å². The van der Waals surface area contributed by atoms with Gasteiger partial charge >= 0.3 is 5.69 Å². The fourth-order valence-corrected chi connectivity index (χ4v) is 7.17. The van der Waals surface area contributed by atoms with Crippen molar-refractivity contribution in [2.75, 3.05) is 19.3 Å². The third kappa shape index (κ3) is 5.22. The van der Waals surface area contributed by atoms with Crippen LogP contribution in [0.5, 0.6) is 0 Å². The summed E-state index contributed by atoms with van der Waals surface area (Å²) in [7, 11) is -2.12. The highest BCUT2D eigenvalue weighted by atomic mass is 32.2. The number of hydrogen-bond donors (Lipinski definition) is 1. The van der Waals surface area contributed by atoms with E-state index in [4.69, 9.17) is 0 Å². The highest BCUT2D eigenvalue weighted by Gasteiger charge is 2.24. The van der Waals surface area contributed by atoms with E-state index in [1.807, 2.05) is 13.0 Å². The van der Waals surface area contributed by atoms with Gasteiger partial charge in [0.2, 0.25) is 0 Å². The highest BCUT2D eigenvalue weighted by Crippen LogP contribution is 2.29. The molecule has 3 rings (SSSR count). The number of aromatic nitrogens is 2. The number of nitrogens with zero attached hydrogens (tertiary/aromatic N) is 3. The lowest BCUT2D eigenvalue weighted by Gasteiger charge is -2.21. The van der Waals surface area contributed by atoms with Crippen LogP contribution >= 0.6 is 23.1 Å². The lowest BCUT2D eigenvalue weighted by atomic mass is 10.2. The van der Waals surface area contributed by atoms with Crippen molar-refractivity contribution in [1.29, 1.82) is 0 Å². The van der Waals surface area contributed by atoms with Crippen LogP contribution in [0.15, 0.2) is 49.8 Å². The molecular formula is C21H26N4O4S3. The number of allylic oxidation sites excluding steroid dienone is 2. The first-order valence-corrected chi connectivity index (χ1v) is 13.5. The van der Waals surface area contributed by atoms with E-state index in [-0.39, 0.29) is 16.3 Å². The number of nitrogens with one attached hydrogen (secondary N) is 1. The molecule has 0 radical (unpaired) electrons. The fraction of sp³-hybridized carbons (Fsp3) is 0.381. The quantitative estimate of drug-likeness (QED) is 0.540. The number of hydrogen-bond acceptors (Lipinski definition) is 7. The standard InChI is InChI=1S/C21H26N4O4S3/c1-4-15(13-22-5-2)18-7-8-19(31-18)32(28,29)24(3)10-6-11-25-17-9-12-30-14-16(17)20(26)23-21(25)27/h4-5,7-8,13H,2,6,9-12,14H2,1,3H3,(H,23,26,27)/b15-4+,22-13?. The van der Waals surface area contributed by atoms with Crippen molar-refractivity contribution >= 4 is 44.9 Å². The second-order valence-electron chi connectivity index (χ2n) is 7.14. The second-order valence-corrected chi connectivity index (χ2v) is 11.6. The molecule has 8 nitrogen and oxygen atoms in total. The molecule has 1 aliphatic rings. The Morgan fingerprint density at radius 2 is 2.16 bits per heavy atom. The lowest BCUT2D eigenvalue weighted by Crippen LogP contribution is -2.37. The van der Waals surface area contributed by atoms with E-state index in [0.717, 1.165) is 21.9 Å². The molecule has 0 saturated heterocycles. The number of aliphatic imine (C=N–C) groups is 1. The van der Waals surface area contributed by atoms with Crippen LogP contribution in [0.2, 0.25) is 0 Å². The molecule has 0 spiro atoms. The maximum atomic E-state index is 13.0. The first kappa shape index (κ1) is 24.4. The average molecular weight is 495 g/mol. The van der Waals surface area contributed by atoms with E-state index >= 15 is 0 Å². The van der Waals surface area contributed by atoms with E-state index in [2.05, 4.69) is 16.6 Å². The number of thiophene rings is 1. The van der Waals surface area contributed by atoms with Gasteiger partial charge in [-0.2, -0.15) is 11.8 Å². The second kappa shape index (κ2) is 10.6. The first-order chi connectivity index (χ1) is 15.3. The lowest BCUT2D eigenvalue weighted by molar-refractivity contribution is 0.440. The average Bonchev–Trinajstić information content (AvgIpc) is 3.27. The fourth-order valence-electron chi connectivity index (χ4n) is 3.42. The van der Waals surface area contributed by atoms with Crippen molar-refractivity contribution in [3.63, 3.8) is 0 Å². The molecule has 2 aromatic rings. The SMILES string of the molecule is C=CN=C/C(=C\C)c1ccc(S(=O)(=O)N(C)CCCn2c3c(c(=O)[nH]c2=O)CSCC3)s1. The molecule has 32 heavy (non-hydrogen) atoms. The van der Waals surface area contributed by atoms with Crippen LogP contribution in [0.4, 0.5) is 0 Å². The number of sulfonamides is 1. The Balaban J connectivity index is 1.71. The summed E-state index contributed by atoms with van der Waals surface area (Å²) >= 11 is 2.85. The van der Waals surface area contributed by atoms with Gasteiger partial charge in [0.15, 0.2) is 0 Å². The van der Waals surface area contributed by atoms with Crippen molar-refractivity contribution in [1.82, 2.24) is 13.9 Å². The van der Waals surface area contributed by atoms with Crippen LogP contribution in [0.1, 0.15) is 29.5 Å². The Kier molecular flexibility index (Phi) is 8.10. The summed E-state index contributed by atoms with van der Waals surface area (Å²) in [6.07, 6.45) is 6.03. The van der Waals surface area contributed by atoms with Gasteiger partial charge in [0.05, 0.1) is 0 Å². The molecule has 0 amide bonds. The molecule has 0 atom stereocenters. The zero-order valence-electron chi connectivity index (χ0n) is 18.0. The van der Waals surface area contributed by atoms with Gasteiger partial charge in [0.25, 0.3) is 15.6 Å². The van der Waals surface area contributed by atoms with E-state index in [1.165, 1.54) is 28.9 Å². The highest BCUT2D eigenvalue weighted by molar-refractivity contribution is 7.98. The normalized spacial score (nSPS) is 14.8. The summed E-state index contributed by atoms with van der Waals surface area (Å²) in [5, 5.41) is 0. The van der Waals surface area contributed by atoms with Crippen molar-refractivity contribution in [3.8, 4) is 0 Å². The van der Waals surface area contributed by atoms with Crippen LogP contribution in [0.25, 0.3) is 5.57 Å². The minimum Gasteiger partial charge on any atom is -0.297 e. The monoisotopic (exact) mass is 494 g/mol. The van der Waals surface area contributed by atoms with Gasteiger partial charge in [0, 0.05) is 60.0 Å². The number of thioether (sulfide) groups is 1. The van der Waals surface area contributed by atoms with Gasteiger partial charge in [-0.25, -0.2) is 17.5 Å². The summed E-state index contributed by atoms with van der Waals surface area (Å²) in [4.78, 5) is 31.6. The minimum absolute atomic E-state index is 0.247. The third-order valence-electron chi connectivity index (χ3n) is 5.16. The maximum absolute atomic E-state index is 13.0. The third-order valence-corrected chi connectivity index (χ3v) is 9.60. The first-order valence-electron chi connectivity index (χ1n) is 10.1. The number of aromatic amines is 1. The molecule has 0 bridgehead atoms. The zero-order chi connectivity index (χ0) is 23.3. The van der Waals surface area contributed by atoms with Gasteiger partial charge in [-0.05, 0) is 37.7 Å². The van der Waals surface area contributed by atoms with Gasteiger partial charge in [-0.3, -0.25) is 19.3 Å². The Hall–Kier alpha value is -2.21. The van der Waals surface area contributed by atoms with E-state index < -0.39 is 15.7 Å². The molecule has 1 aliphatic heterocycles.